The number of rotatable bonds is 9. The Kier molecular flexibility index (Phi) is 8.31. The molecule has 0 fully saturated rings. The minimum absolute atomic E-state index is 0.0989. The maximum absolute atomic E-state index is 13.0. The van der Waals surface area contributed by atoms with Gasteiger partial charge in [0.2, 0.25) is 0 Å². The third-order valence-electron chi connectivity index (χ3n) is 4.65. The molecule has 0 unspecified atom stereocenters. The highest BCUT2D eigenvalue weighted by atomic mass is 32.2. The number of alkyl halides is 3. The van der Waals surface area contributed by atoms with Gasteiger partial charge in [-0.1, -0.05) is 11.8 Å². The second-order valence-electron chi connectivity index (χ2n) is 8.21. The van der Waals surface area contributed by atoms with Gasteiger partial charge in [0, 0.05) is 23.0 Å². The van der Waals surface area contributed by atoms with E-state index in [0.717, 1.165) is 29.5 Å². The molecule has 0 aliphatic heterocycles. The number of hydrogen-bond acceptors (Lipinski definition) is 8. The van der Waals surface area contributed by atoms with Crippen LogP contribution in [0.1, 0.15) is 19.4 Å². The SMILES string of the molecule is Cc1cc(-n2ccnc(Sc3ccc(OC(F)(F)F)cc3)c2=O)ccc1OCC(C)(C)OC(=O)CN. The zero-order valence-corrected chi connectivity index (χ0v) is 20.5. The van der Waals surface area contributed by atoms with Crippen molar-refractivity contribution in [1.82, 2.24) is 9.55 Å². The number of ether oxygens (including phenoxy) is 3. The van der Waals surface area contributed by atoms with Crippen LogP contribution in [0, 0.1) is 6.92 Å². The molecule has 3 rings (SSSR count). The van der Waals surface area contributed by atoms with Crippen molar-refractivity contribution >= 4 is 17.7 Å². The molecule has 0 atom stereocenters. The molecule has 3 aromatic rings. The van der Waals surface area contributed by atoms with Crippen molar-refractivity contribution in [3.63, 3.8) is 0 Å². The van der Waals surface area contributed by atoms with Gasteiger partial charge < -0.3 is 19.9 Å². The Bertz CT molecular complexity index is 1280. The first-order chi connectivity index (χ1) is 16.9. The van der Waals surface area contributed by atoms with Crippen LogP contribution < -0.4 is 20.8 Å². The molecule has 8 nitrogen and oxygen atoms in total. The zero-order chi connectivity index (χ0) is 26.5. The van der Waals surface area contributed by atoms with Crippen molar-refractivity contribution in [3.8, 4) is 17.2 Å². The highest BCUT2D eigenvalue weighted by molar-refractivity contribution is 7.99. The van der Waals surface area contributed by atoms with E-state index in [1.54, 1.807) is 32.0 Å². The Balaban J connectivity index is 1.74. The molecule has 1 aromatic heterocycles. The van der Waals surface area contributed by atoms with E-state index in [2.05, 4.69) is 9.72 Å². The third kappa shape index (κ3) is 7.49. The van der Waals surface area contributed by atoms with Crippen LogP contribution in [0.2, 0.25) is 0 Å². The predicted octanol–water partition coefficient (Wildman–Crippen LogP) is 4.25. The lowest BCUT2D eigenvalue weighted by molar-refractivity contribution is -0.274. The molecule has 0 aliphatic rings. The van der Waals surface area contributed by atoms with Gasteiger partial charge >= 0.3 is 12.3 Å². The van der Waals surface area contributed by atoms with Crippen LogP contribution in [0.4, 0.5) is 13.2 Å². The minimum atomic E-state index is -4.78. The minimum Gasteiger partial charge on any atom is -0.489 e. The third-order valence-corrected chi connectivity index (χ3v) is 5.63. The lowest BCUT2D eigenvalue weighted by atomic mass is 10.1. The fourth-order valence-electron chi connectivity index (χ4n) is 3.06. The number of halogens is 3. The molecular formula is C24H24F3N3O5S. The number of aryl methyl sites for hydroxylation is 1. The van der Waals surface area contributed by atoms with Crippen LogP contribution in [0.15, 0.2) is 69.6 Å². The van der Waals surface area contributed by atoms with Gasteiger partial charge in [-0.05, 0) is 68.8 Å². The van der Waals surface area contributed by atoms with Gasteiger partial charge in [-0.15, -0.1) is 13.2 Å². The molecule has 192 valence electrons. The van der Waals surface area contributed by atoms with Gasteiger partial charge in [-0.3, -0.25) is 14.2 Å². The molecule has 0 spiro atoms. The second-order valence-corrected chi connectivity index (χ2v) is 9.27. The first-order valence-corrected chi connectivity index (χ1v) is 11.5. The molecular weight excluding hydrogens is 499 g/mol. The lowest BCUT2D eigenvalue weighted by Crippen LogP contribution is -2.37. The summed E-state index contributed by atoms with van der Waals surface area (Å²) in [5.74, 6) is -0.343. The van der Waals surface area contributed by atoms with Crippen molar-refractivity contribution in [2.45, 2.75) is 42.7 Å². The Labute approximate surface area is 209 Å². The highest BCUT2D eigenvalue weighted by Gasteiger charge is 2.31. The van der Waals surface area contributed by atoms with Crippen LogP contribution in [0.25, 0.3) is 5.69 Å². The molecule has 0 saturated heterocycles. The number of nitrogens with zero attached hydrogens (tertiary/aromatic N) is 2. The molecule has 2 aromatic carbocycles. The molecule has 36 heavy (non-hydrogen) atoms. The van der Waals surface area contributed by atoms with E-state index in [9.17, 15) is 22.8 Å². The largest absolute Gasteiger partial charge is 0.573 e. The summed E-state index contributed by atoms with van der Waals surface area (Å²) in [5, 5.41) is 0.142. The van der Waals surface area contributed by atoms with E-state index >= 15 is 0 Å². The maximum atomic E-state index is 13.0. The molecule has 0 radical (unpaired) electrons. The van der Waals surface area contributed by atoms with Crippen LogP contribution in [-0.4, -0.2) is 40.6 Å². The maximum Gasteiger partial charge on any atom is 0.573 e. The summed E-state index contributed by atoms with van der Waals surface area (Å²) in [4.78, 5) is 29.1. The van der Waals surface area contributed by atoms with Crippen molar-refractivity contribution in [3.05, 3.63) is 70.8 Å². The van der Waals surface area contributed by atoms with Crippen LogP contribution >= 0.6 is 11.8 Å². The number of benzene rings is 2. The quantitative estimate of drug-likeness (QED) is 0.415. The number of carbonyl (C=O) groups is 1. The summed E-state index contributed by atoms with van der Waals surface area (Å²) >= 11 is 1.02. The highest BCUT2D eigenvalue weighted by Crippen LogP contribution is 2.29. The monoisotopic (exact) mass is 523 g/mol. The zero-order valence-electron chi connectivity index (χ0n) is 19.7. The van der Waals surface area contributed by atoms with Crippen LogP contribution in [0.3, 0.4) is 0 Å². The van der Waals surface area contributed by atoms with Gasteiger partial charge in [-0.25, -0.2) is 4.98 Å². The normalized spacial score (nSPS) is 11.8. The Morgan fingerprint density at radius 2 is 1.83 bits per heavy atom. The molecule has 1 heterocycles. The number of esters is 1. The van der Waals surface area contributed by atoms with Crippen molar-refractivity contribution in [2.75, 3.05) is 13.2 Å². The summed E-state index contributed by atoms with van der Waals surface area (Å²) in [5.41, 5.74) is 5.31. The number of hydrogen-bond donors (Lipinski definition) is 1. The first kappa shape index (κ1) is 27.1. The van der Waals surface area contributed by atoms with E-state index < -0.39 is 23.5 Å². The van der Waals surface area contributed by atoms with Gasteiger partial charge in [0.1, 0.15) is 23.7 Å². The van der Waals surface area contributed by atoms with E-state index in [1.807, 2.05) is 6.92 Å². The van der Waals surface area contributed by atoms with E-state index in [0.29, 0.717) is 16.3 Å². The van der Waals surface area contributed by atoms with Gasteiger partial charge in [-0.2, -0.15) is 0 Å². The number of nitrogens with two attached hydrogens (primary N) is 1. The van der Waals surface area contributed by atoms with Crippen molar-refractivity contribution in [2.24, 2.45) is 5.73 Å². The van der Waals surface area contributed by atoms with Gasteiger partial charge in [0.15, 0.2) is 5.03 Å². The van der Waals surface area contributed by atoms with E-state index in [-0.39, 0.29) is 23.9 Å². The average Bonchev–Trinajstić information content (AvgIpc) is 2.79. The molecule has 0 bridgehead atoms. The lowest BCUT2D eigenvalue weighted by Gasteiger charge is -2.25. The molecule has 0 aliphatic carbocycles. The predicted molar refractivity (Wildman–Crippen MR) is 127 cm³/mol. The summed E-state index contributed by atoms with van der Waals surface area (Å²) in [6.07, 6.45) is -1.81. The van der Waals surface area contributed by atoms with Crippen molar-refractivity contribution in [1.29, 1.82) is 0 Å². The smallest absolute Gasteiger partial charge is 0.489 e. The van der Waals surface area contributed by atoms with Crippen molar-refractivity contribution < 1.29 is 32.2 Å². The summed E-state index contributed by atoms with van der Waals surface area (Å²) in [7, 11) is 0. The Morgan fingerprint density at radius 1 is 1.14 bits per heavy atom. The topological polar surface area (TPSA) is 106 Å². The summed E-state index contributed by atoms with van der Waals surface area (Å²) in [6, 6.07) is 10.3. The number of carbonyl (C=O) groups excluding carboxylic acids is 1. The summed E-state index contributed by atoms with van der Waals surface area (Å²) in [6.45, 7) is 5.09. The van der Waals surface area contributed by atoms with E-state index in [1.165, 1.54) is 29.1 Å². The second kappa shape index (κ2) is 11.0. The van der Waals surface area contributed by atoms with Gasteiger partial charge in [0.25, 0.3) is 5.56 Å². The molecule has 2 N–H and O–H groups in total. The molecule has 12 heteroatoms. The molecule has 0 amide bonds. The number of aromatic nitrogens is 2. The Morgan fingerprint density at radius 3 is 2.44 bits per heavy atom. The van der Waals surface area contributed by atoms with Crippen LogP contribution in [-0.2, 0) is 9.53 Å². The fourth-order valence-corrected chi connectivity index (χ4v) is 3.86. The first-order valence-electron chi connectivity index (χ1n) is 10.6. The van der Waals surface area contributed by atoms with E-state index in [4.69, 9.17) is 15.2 Å². The average molecular weight is 524 g/mol. The fraction of sp³-hybridized carbons (Fsp3) is 0.292. The summed E-state index contributed by atoms with van der Waals surface area (Å²) < 4.78 is 53.3. The Hall–Kier alpha value is -3.51. The van der Waals surface area contributed by atoms with Gasteiger partial charge in [0.05, 0.1) is 6.54 Å². The standard InChI is InChI=1S/C24H24F3N3O5S/c1-15-12-16(4-9-19(15)33-14-23(2,3)35-20(31)13-28)30-11-10-29-21(22(30)32)36-18-7-5-17(6-8-18)34-24(25,26)27/h4-12H,13-14,28H2,1-3H3. The van der Waals surface area contributed by atoms with Crippen LogP contribution in [0.5, 0.6) is 11.5 Å². The molecule has 0 saturated carbocycles.